The third-order valence-corrected chi connectivity index (χ3v) is 3.95. The minimum Gasteiger partial charge on any atom is -0.354 e. The molecule has 4 nitrogen and oxygen atoms in total. The number of pyridine rings is 1. The predicted molar refractivity (Wildman–Crippen MR) is 85.1 cm³/mol. The summed E-state index contributed by atoms with van der Waals surface area (Å²) in [5.41, 5.74) is 9.13. The number of thiazole rings is 1. The summed E-state index contributed by atoms with van der Waals surface area (Å²) in [5, 5.41) is 3.20. The van der Waals surface area contributed by atoms with Crippen LogP contribution in [0.5, 0.6) is 0 Å². The van der Waals surface area contributed by atoms with Crippen molar-refractivity contribution in [1.29, 1.82) is 0 Å². The molecule has 0 radical (unpaired) electrons. The predicted octanol–water partition coefficient (Wildman–Crippen LogP) is 2.89. The molecule has 2 N–H and O–H groups in total. The summed E-state index contributed by atoms with van der Waals surface area (Å²) in [6, 6.07) is 4.17. The number of hydrogen-bond donors (Lipinski definition) is 1. The molecule has 20 heavy (non-hydrogen) atoms. The van der Waals surface area contributed by atoms with Crippen LogP contribution in [0.1, 0.15) is 35.3 Å². The van der Waals surface area contributed by atoms with E-state index in [9.17, 15) is 0 Å². The molecule has 2 heterocycles. The number of nitrogens with zero attached hydrogens (tertiary/aromatic N) is 3. The number of hydrogen-bond acceptors (Lipinski definition) is 5. The molecule has 0 bridgehead atoms. The maximum absolute atomic E-state index is 5.78. The van der Waals surface area contributed by atoms with E-state index in [1.54, 1.807) is 11.3 Å². The second-order valence-corrected chi connectivity index (χ2v) is 6.06. The van der Waals surface area contributed by atoms with Gasteiger partial charge in [0.15, 0.2) is 0 Å². The van der Waals surface area contributed by atoms with Crippen molar-refractivity contribution in [3.05, 3.63) is 39.5 Å². The second-order valence-electron chi connectivity index (χ2n) is 4.99. The van der Waals surface area contributed by atoms with Crippen molar-refractivity contribution in [1.82, 2.24) is 9.97 Å². The van der Waals surface area contributed by atoms with Gasteiger partial charge in [0.2, 0.25) is 0 Å². The minimum absolute atomic E-state index is 0.551. The molecule has 5 heteroatoms. The van der Waals surface area contributed by atoms with Crippen molar-refractivity contribution in [3.63, 3.8) is 0 Å². The summed E-state index contributed by atoms with van der Waals surface area (Å²) in [6.45, 7) is 5.52. The molecular formula is C15H22N4S. The highest BCUT2D eigenvalue weighted by atomic mass is 32.1. The molecule has 2 rings (SSSR count). The zero-order chi connectivity index (χ0) is 14.5. The van der Waals surface area contributed by atoms with Crippen LogP contribution in [0.15, 0.2) is 17.5 Å². The van der Waals surface area contributed by atoms with E-state index in [0.717, 1.165) is 47.2 Å². The Labute approximate surface area is 124 Å². The Hall–Kier alpha value is -1.46. The normalized spacial score (nSPS) is 10.8. The SMILES string of the molecule is CCCc1cc(CN)cc(N(C)Cc2csc(C)n2)n1. The van der Waals surface area contributed by atoms with Gasteiger partial charge in [-0.05, 0) is 31.0 Å². The largest absolute Gasteiger partial charge is 0.354 e. The molecule has 0 saturated carbocycles. The maximum atomic E-state index is 5.78. The van der Waals surface area contributed by atoms with E-state index < -0.39 is 0 Å². The highest BCUT2D eigenvalue weighted by Gasteiger charge is 2.09. The Bertz CT molecular complexity index is 565. The molecule has 2 aromatic heterocycles. The molecule has 0 aromatic carbocycles. The maximum Gasteiger partial charge on any atom is 0.129 e. The molecular weight excluding hydrogens is 268 g/mol. The van der Waals surface area contributed by atoms with E-state index in [1.165, 1.54) is 0 Å². The smallest absolute Gasteiger partial charge is 0.129 e. The van der Waals surface area contributed by atoms with Gasteiger partial charge in [0.25, 0.3) is 0 Å². The van der Waals surface area contributed by atoms with E-state index in [2.05, 4.69) is 34.3 Å². The van der Waals surface area contributed by atoms with Crippen molar-refractivity contribution in [3.8, 4) is 0 Å². The van der Waals surface area contributed by atoms with Gasteiger partial charge in [-0.2, -0.15) is 0 Å². The summed E-state index contributed by atoms with van der Waals surface area (Å²) in [7, 11) is 2.05. The van der Waals surface area contributed by atoms with Crippen LogP contribution in [0.3, 0.4) is 0 Å². The minimum atomic E-state index is 0.551. The van der Waals surface area contributed by atoms with Crippen molar-refractivity contribution in [2.45, 2.75) is 39.8 Å². The monoisotopic (exact) mass is 290 g/mol. The van der Waals surface area contributed by atoms with Gasteiger partial charge in [0.1, 0.15) is 5.82 Å². The topological polar surface area (TPSA) is 55.0 Å². The first kappa shape index (κ1) is 14.9. The van der Waals surface area contributed by atoms with Gasteiger partial charge in [-0.3, -0.25) is 0 Å². The second kappa shape index (κ2) is 6.81. The molecule has 0 aliphatic rings. The first-order valence-electron chi connectivity index (χ1n) is 6.94. The fourth-order valence-electron chi connectivity index (χ4n) is 2.14. The molecule has 2 aromatic rings. The van der Waals surface area contributed by atoms with Crippen LogP contribution in [0.2, 0.25) is 0 Å². The summed E-state index contributed by atoms with van der Waals surface area (Å²) >= 11 is 1.68. The van der Waals surface area contributed by atoms with Crippen LogP contribution in [-0.2, 0) is 19.5 Å². The lowest BCUT2D eigenvalue weighted by Gasteiger charge is -2.19. The van der Waals surface area contributed by atoms with Gasteiger partial charge in [-0.15, -0.1) is 11.3 Å². The zero-order valence-corrected chi connectivity index (χ0v) is 13.2. The van der Waals surface area contributed by atoms with E-state index in [-0.39, 0.29) is 0 Å². The van der Waals surface area contributed by atoms with Crippen molar-refractivity contribution in [2.24, 2.45) is 5.73 Å². The van der Waals surface area contributed by atoms with Crippen molar-refractivity contribution < 1.29 is 0 Å². The molecule has 0 aliphatic carbocycles. The lowest BCUT2D eigenvalue weighted by atomic mass is 10.1. The van der Waals surface area contributed by atoms with Crippen LogP contribution < -0.4 is 10.6 Å². The van der Waals surface area contributed by atoms with E-state index in [1.807, 2.05) is 14.0 Å². The number of nitrogens with two attached hydrogens (primary N) is 1. The Morgan fingerprint density at radius 1 is 1.25 bits per heavy atom. The number of rotatable bonds is 6. The Kier molecular flexibility index (Phi) is 5.09. The van der Waals surface area contributed by atoms with Gasteiger partial charge in [0.05, 0.1) is 17.2 Å². The summed E-state index contributed by atoms with van der Waals surface area (Å²) in [6.07, 6.45) is 2.08. The molecule has 108 valence electrons. The number of anilines is 1. The highest BCUT2D eigenvalue weighted by Crippen LogP contribution is 2.18. The number of aromatic nitrogens is 2. The summed E-state index contributed by atoms with van der Waals surface area (Å²) in [4.78, 5) is 11.4. The fraction of sp³-hybridized carbons (Fsp3) is 0.467. The molecule has 0 saturated heterocycles. The number of aryl methyl sites for hydroxylation is 2. The Morgan fingerprint density at radius 2 is 2.05 bits per heavy atom. The molecule has 0 amide bonds. The van der Waals surface area contributed by atoms with Crippen LogP contribution in [0.4, 0.5) is 5.82 Å². The third kappa shape index (κ3) is 3.77. The lowest BCUT2D eigenvalue weighted by molar-refractivity contribution is 0.832. The Balaban J connectivity index is 2.19. The van der Waals surface area contributed by atoms with Gasteiger partial charge in [-0.1, -0.05) is 13.3 Å². The first-order valence-corrected chi connectivity index (χ1v) is 7.82. The van der Waals surface area contributed by atoms with Crippen LogP contribution in [0, 0.1) is 6.92 Å². The third-order valence-electron chi connectivity index (χ3n) is 3.12. The van der Waals surface area contributed by atoms with E-state index >= 15 is 0 Å². The lowest BCUT2D eigenvalue weighted by Crippen LogP contribution is -2.19. The standard InChI is InChI=1S/C15H22N4S/c1-4-5-13-6-12(8-16)7-15(18-13)19(3)9-14-10-20-11(2)17-14/h6-7,10H,4-5,8-9,16H2,1-3H3. The van der Waals surface area contributed by atoms with Gasteiger partial charge in [0, 0.05) is 24.7 Å². The van der Waals surface area contributed by atoms with Gasteiger partial charge in [-0.25, -0.2) is 9.97 Å². The van der Waals surface area contributed by atoms with Gasteiger partial charge < -0.3 is 10.6 Å². The van der Waals surface area contributed by atoms with Crippen molar-refractivity contribution in [2.75, 3.05) is 11.9 Å². The summed E-state index contributed by atoms with van der Waals surface area (Å²) < 4.78 is 0. The average Bonchev–Trinajstić information content (AvgIpc) is 2.84. The molecule has 0 spiro atoms. The zero-order valence-electron chi connectivity index (χ0n) is 12.4. The van der Waals surface area contributed by atoms with Crippen LogP contribution >= 0.6 is 11.3 Å². The molecule has 0 unspecified atom stereocenters. The first-order chi connectivity index (χ1) is 9.62. The Morgan fingerprint density at radius 3 is 2.65 bits per heavy atom. The van der Waals surface area contributed by atoms with E-state index in [0.29, 0.717) is 6.54 Å². The molecule has 0 aliphatic heterocycles. The van der Waals surface area contributed by atoms with Crippen LogP contribution in [-0.4, -0.2) is 17.0 Å². The highest BCUT2D eigenvalue weighted by molar-refractivity contribution is 7.09. The molecule has 0 fully saturated rings. The van der Waals surface area contributed by atoms with E-state index in [4.69, 9.17) is 10.7 Å². The van der Waals surface area contributed by atoms with Crippen molar-refractivity contribution >= 4 is 17.2 Å². The average molecular weight is 290 g/mol. The van der Waals surface area contributed by atoms with Crippen LogP contribution in [0.25, 0.3) is 0 Å². The fourth-order valence-corrected chi connectivity index (χ4v) is 2.74. The summed E-state index contributed by atoms with van der Waals surface area (Å²) in [5.74, 6) is 0.974. The quantitative estimate of drug-likeness (QED) is 0.889. The van der Waals surface area contributed by atoms with Gasteiger partial charge >= 0.3 is 0 Å². The molecule has 0 atom stereocenters.